The fraction of sp³-hybridized carbons (Fsp3) is 0.571. The van der Waals surface area contributed by atoms with Gasteiger partial charge in [0.15, 0.2) is 0 Å². The molecule has 0 saturated heterocycles. The van der Waals surface area contributed by atoms with Gasteiger partial charge >= 0.3 is 0 Å². The summed E-state index contributed by atoms with van der Waals surface area (Å²) < 4.78 is 27.0. The quantitative estimate of drug-likeness (QED) is 0.836. The molecule has 0 aromatic heterocycles. The summed E-state index contributed by atoms with van der Waals surface area (Å²) >= 11 is 0. The van der Waals surface area contributed by atoms with Gasteiger partial charge < -0.3 is 5.73 Å². The zero-order valence-electron chi connectivity index (χ0n) is 11.5. The number of hydrogen-bond donors (Lipinski definition) is 2. The van der Waals surface area contributed by atoms with Gasteiger partial charge in [-0.3, -0.25) is 0 Å². The number of sulfonamides is 1. The van der Waals surface area contributed by atoms with Crippen LogP contribution in [0.4, 0.5) is 0 Å². The van der Waals surface area contributed by atoms with E-state index in [1.165, 1.54) is 0 Å². The highest BCUT2D eigenvalue weighted by atomic mass is 32.2. The Balaban J connectivity index is 2.07. The molecule has 1 aromatic carbocycles. The molecule has 0 radical (unpaired) electrons. The van der Waals surface area contributed by atoms with E-state index in [0.29, 0.717) is 23.3 Å². The van der Waals surface area contributed by atoms with Crippen molar-refractivity contribution in [2.75, 3.05) is 6.54 Å². The van der Waals surface area contributed by atoms with Gasteiger partial charge in [0.25, 0.3) is 0 Å². The SMILES string of the molecule is CC(C)c1cccc(S(=O)(=O)NCC(N)C2CC2)c1. The average molecular weight is 282 g/mol. The van der Waals surface area contributed by atoms with E-state index in [9.17, 15) is 8.42 Å². The van der Waals surface area contributed by atoms with Crippen LogP contribution in [0.1, 0.15) is 38.2 Å². The first-order chi connectivity index (χ1) is 8.90. The van der Waals surface area contributed by atoms with Gasteiger partial charge in [0.1, 0.15) is 0 Å². The zero-order chi connectivity index (χ0) is 14.0. The van der Waals surface area contributed by atoms with Gasteiger partial charge in [-0.25, -0.2) is 13.1 Å². The van der Waals surface area contributed by atoms with Crippen molar-refractivity contribution in [3.05, 3.63) is 29.8 Å². The third-order valence-corrected chi connectivity index (χ3v) is 4.99. The smallest absolute Gasteiger partial charge is 0.240 e. The maximum atomic E-state index is 12.2. The van der Waals surface area contributed by atoms with Gasteiger partial charge in [-0.05, 0) is 42.4 Å². The first-order valence-electron chi connectivity index (χ1n) is 6.75. The molecule has 0 heterocycles. The van der Waals surface area contributed by atoms with Gasteiger partial charge in [-0.15, -0.1) is 0 Å². The molecule has 1 aromatic rings. The second-order valence-corrected chi connectivity index (χ2v) is 7.35. The van der Waals surface area contributed by atoms with Crippen molar-refractivity contribution in [2.24, 2.45) is 11.7 Å². The molecule has 4 nitrogen and oxygen atoms in total. The van der Waals surface area contributed by atoms with Gasteiger partial charge in [-0.1, -0.05) is 26.0 Å². The highest BCUT2D eigenvalue weighted by Gasteiger charge is 2.29. The molecule has 1 atom stereocenters. The van der Waals surface area contributed by atoms with Crippen molar-refractivity contribution in [3.8, 4) is 0 Å². The Labute approximate surface area is 115 Å². The van der Waals surface area contributed by atoms with Crippen LogP contribution in [0.15, 0.2) is 29.2 Å². The van der Waals surface area contributed by atoms with Crippen molar-refractivity contribution >= 4 is 10.0 Å². The Morgan fingerprint density at radius 3 is 2.63 bits per heavy atom. The molecule has 106 valence electrons. The second-order valence-electron chi connectivity index (χ2n) is 5.58. The predicted molar refractivity (Wildman–Crippen MR) is 76.4 cm³/mol. The number of hydrogen-bond acceptors (Lipinski definition) is 3. The molecule has 3 N–H and O–H groups in total. The minimum atomic E-state index is -3.45. The number of benzene rings is 1. The second kappa shape index (κ2) is 5.61. The largest absolute Gasteiger partial charge is 0.326 e. The normalized spacial score (nSPS) is 17.7. The van der Waals surface area contributed by atoms with Gasteiger partial charge in [0, 0.05) is 12.6 Å². The van der Waals surface area contributed by atoms with E-state index >= 15 is 0 Å². The van der Waals surface area contributed by atoms with E-state index in [0.717, 1.165) is 18.4 Å². The molecule has 1 unspecified atom stereocenters. The molecule has 5 heteroatoms. The van der Waals surface area contributed by atoms with Crippen LogP contribution in [-0.2, 0) is 10.0 Å². The molecule has 1 fully saturated rings. The van der Waals surface area contributed by atoms with Crippen molar-refractivity contribution in [1.82, 2.24) is 4.72 Å². The van der Waals surface area contributed by atoms with Crippen molar-refractivity contribution < 1.29 is 8.42 Å². The van der Waals surface area contributed by atoms with E-state index in [1.54, 1.807) is 18.2 Å². The van der Waals surface area contributed by atoms with Crippen LogP contribution in [-0.4, -0.2) is 21.0 Å². The van der Waals surface area contributed by atoms with Crippen LogP contribution in [0.25, 0.3) is 0 Å². The third kappa shape index (κ3) is 3.78. The molecule has 19 heavy (non-hydrogen) atoms. The van der Waals surface area contributed by atoms with E-state index in [1.807, 2.05) is 19.9 Å². The Hall–Kier alpha value is -0.910. The first kappa shape index (κ1) is 14.5. The molecule has 0 amide bonds. The van der Waals surface area contributed by atoms with Crippen LogP contribution in [0.2, 0.25) is 0 Å². The maximum Gasteiger partial charge on any atom is 0.240 e. The first-order valence-corrected chi connectivity index (χ1v) is 8.23. The van der Waals surface area contributed by atoms with E-state index in [2.05, 4.69) is 4.72 Å². The van der Waals surface area contributed by atoms with Crippen LogP contribution in [0.3, 0.4) is 0 Å². The van der Waals surface area contributed by atoms with Gasteiger partial charge in [-0.2, -0.15) is 0 Å². The average Bonchev–Trinajstić information content (AvgIpc) is 3.20. The summed E-state index contributed by atoms with van der Waals surface area (Å²) in [4.78, 5) is 0.321. The number of nitrogens with two attached hydrogens (primary N) is 1. The van der Waals surface area contributed by atoms with Gasteiger partial charge in [0.2, 0.25) is 10.0 Å². The van der Waals surface area contributed by atoms with Crippen LogP contribution < -0.4 is 10.5 Å². The molecule has 0 aliphatic heterocycles. The zero-order valence-corrected chi connectivity index (χ0v) is 12.3. The van der Waals surface area contributed by atoms with Crippen LogP contribution >= 0.6 is 0 Å². The minimum absolute atomic E-state index is 0.0666. The predicted octanol–water partition coefficient (Wildman–Crippen LogP) is 1.83. The monoisotopic (exact) mass is 282 g/mol. The van der Waals surface area contributed by atoms with Crippen LogP contribution in [0.5, 0.6) is 0 Å². The summed E-state index contributed by atoms with van der Waals surface area (Å²) in [6, 6.07) is 7.01. The Kier molecular flexibility index (Phi) is 4.28. The molecule has 2 rings (SSSR count). The summed E-state index contributed by atoms with van der Waals surface area (Å²) in [6.07, 6.45) is 2.23. The summed E-state index contributed by atoms with van der Waals surface area (Å²) in [5.74, 6) is 0.800. The van der Waals surface area contributed by atoms with Crippen molar-refractivity contribution in [3.63, 3.8) is 0 Å². The topological polar surface area (TPSA) is 72.2 Å². The molecule has 0 spiro atoms. The Morgan fingerprint density at radius 1 is 1.37 bits per heavy atom. The summed E-state index contributed by atoms with van der Waals surface area (Å²) in [6.45, 7) is 4.41. The Bertz CT molecular complexity index is 536. The molecule has 1 aliphatic rings. The molecule has 0 bridgehead atoms. The van der Waals surface area contributed by atoms with Crippen LogP contribution in [0, 0.1) is 5.92 Å². The number of rotatable bonds is 6. The molecular weight excluding hydrogens is 260 g/mol. The number of nitrogens with one attached hydrogen (secondary N) is 1. The van der Waals surface area contributed by atoms with E-state index in [4.69, 9.17) is 5.73 Å². The highest BCUT2D eigenvalue weighted by molar-refractivity contribution is 7.89. The Morgan fingerprint density at radius 2 is 2.05 bits per heavy atom. The lowest BCUT2D eigenvalue weighted by atomic mass is 10.0. The standard InChI is InChI=1S/C14H22N2O2S/c1-10(2)12-4-3-5-13(8-12)19(17,18)16-9-14(15)11-6-7-11/h3-5,8,10-11,14,16H,6-7,9,15H2,1-2H3. The molecule has 1 aliphatic carbocycles. The summed E-state index contributed by atoms with van der Waals surface area (Å²) in [5.41, 5.74) is 6.94. The van der Waals surface area contributed by atoms with Crippen molar-refractivity contribution in [2.45, 2.75) is 43.5 Å². The molecule has 1 saturated carbocycles. The molecular formula is C14H22N2O2S. The van der Waals surface area contributed by atoms with E-state index in [-0.39, 0.29) is 6.04 Å². The maximum absolute atomic E-state index is 12.2. The van der Waals surface area contributed by atoms with Gasteiger partial charge in [0.05, 0.1) is 4.90 Å². The fourth-order valence-electron chi connectivity index (χ4n) is 2.02. The summed E-state index contributed by atoms with van der Waals surface area (Å²) in [5, 5.41) is 0. The van der Waals surface area contributed by atoms with Crippen molar-refractivity contribution in [1.29, 1.82) is 0 Å². The fourth-order valence-corrected chi connectivity index (χ4v) is 3.15. The van der Waals surface area contributed by atoms with E-state index < -0.39 is 10.0 Å². The lowest BCUT2D eigenvalue weighted by Gasteiger charge is -2.13. The summed E-state index contributed by atoms with van der Waals surface area (Å²) in [7, 11) is -3.45. The highest BCUT2D eigenvalue weighted by Crippen LogP contribution is 2.31. The minimum Gasteiger partial charge on any atom is -0.326 e. The lowest BCUT2D eigenvalue weighted by Crippen LogP contribution is -2.38. The third-order valence-electron chi connectivity index (χ3n) is 3.57. The lowest BCUT2D eigenvalue weighted by molar-refractivity contribution is 0.547.